The average Bonchev–Trinajstić information content (AvgIpc) is 2.55. The first kappa shape index (κ1) is 21.8. The van der Waals surface area contributed by atoms with E-state index in [1.807, 2.05) is 0 Å². The normalized spacial score (nSPS) is 19.0. The van der Waals surface area contributed by atoms with Crippen LogP contribution < -0.4 is 4.74 Å². The van der Waals surface area contributed by atoms with E-state index in [2.05, 4.69) is 0 Å². The number of nitrogens with zero attached hydrogens (tertiary/aromatic N) is 1. The first-order chi connectivity index (χ1) is 12.6. The van der Waals surface area contributed by atoms with Crippen LogP contribution in [0.1, 0.15) is 32.1 Å². The molecule has 1 aromatic rings. The fraction of sp³-hybridized carbons (Fsp3) is 0.562. The second-order valence-corrected chi connectivity index (χ2v) is 9.13. The van der Waals surface area contributed by atoms with Crippen molar-refractivity contribution in [3.63, 3.8) is 0 Å². The maximum atomic E-state index is 12.7. The molecule has 6 nitrogen and oxygen atoms in total. The molecular formula is C16H20F3NO5S2. The number of benzene rings is 1. The third-order valence-electron chi connectivity index (χ3n) is 3.89. The summed E-state index contributed by atoms with van der Waals surface area (Å²) in [6, 6.07) is 5.60. The number of halogens is 3. The second-order valence-electron chi connectivity index (χ2n) is 5.99. The van der Waals surface area contributed by atoms with Crippen LogP contribution >= 0.6 is 11.8 Å². The molecule has 1 atom stereocenters. The molecule has 27 heavy (non-hydrogen) atoms. The van der Waals surface area contributed by atoms with E-state index in [0.717, 1.165) is 4.31 Å². The molecule has 0 saturated carbocycles. The van der Waals surface area contributed by atoms with E-state index in [0.29, 0.717) is 19.3 Å². The number of thioether (sulfide) groups is 1. The summed E-state index contributed by atoms with van der Waals surface area (Å²) in [6.07, 6.45) is 0.412. The minimum atomic E-state index is -4.49. The molecule has 2 rings (SSSR count). The lowest BCUT2D eigenvalue weighted by atomic mass is 10.1. The number of carboxylic acid groups (broad SMARTS) is 1. The Labute approximate surface area is 159 Å². The van der Waals surface area contributed by atoms with Crippen molar-refractivity contribution in [2.75, 3.05) is 12.3 Å². The van der Waals surface area contributed by atoms with Crippen LogP contribution in [0, 0.1) is 0 Å². The summed E-state index contributed by atoms with van der Waals surface area (Å²) in [5.74, 6) is -1.47. The number of piperidine rings is 1. The smallest absolute Gasteiger partial charge is 0.446 e. The number of rotatable bonds is 8. The van der Waals surface area contributed by atoms with Gasteiger partial charge in [-0.2, -0.15) is 17.5 Å². The average molecular weight is 427 g/mol. The lowest BCUT2D eigenvalue weighted by Gasteiger charge is -2.35. The minimum absolute atomic E-state index is 0.0301. The highest BCUT2D eigenvalue weighted by atomic mass is 32.2. The molecule has 0 amide bonds. The van der Waals surface area contributed by atoms with Gasteiger partial charge in [-0.25, -0.2) is 8.42 Å². The molecule has 152 valence electrons. The number of para-hydroxylation sites is 1. The number of hydrogen-bond acceptors (Lipinski definition) is 5. The van der Waals surface area contributed by atoms with E-state index >= 15 is 0 Å². The molecule has 0 spiro atoms. The van der Waals surface area contributed by atoms with E-state index in [1.54, 1.807) is 0 Å². The molecule has 0 aromatic heterocycles. The van der Waals surface area contributed by atoms with Crippen molar-refractivity contribution in [3.05, 3.63) is 24.3 Å². The highest BCUT2D eigenvalue weighted by Gasteiger charge is 2.35. The standard InChI is InChI=1S/C16H20F3NO5S2/c17-16(18,19)26-13-7-2-1-6-12(13)25-14-8-3-4-10-20(14)27(23,24)11-5-9-15(21)22/h1-2,6-7,14H,3-5,8-11H2,(H,21,22). The van der Waals surface area contributed by atoms with Gasteiger partial charge < -0.3 is 9.84 Å². The number of ether oxygens (including phenoxy) is 1. The molecule has 1 fully saturated rings. The van der Waals surface area contributed by atoms with Crippen LogP contribution in [0.2, 0.25) is 0 Å². The fourth-order valence-electron chi connectivity index (χ4n) is 2.74. The van der Waals surface area contributed by atoms with Gasteiger partial charge in [0.05, 0.1) is 10.6 Å². The lowest BCUT2D eigenvalue weighted by molar-refractivity contribution is -0.137. The maximum Gasteiger partial charge on any atom is 0.446 e. The van der Waals surface area contributed by atoms with Gasteiger partial charge in [0.1, 0.15) is 5.75 Å². The van der Waals surface area contributed by atoms with Gasteiger partial charge in [0.15, 0.2) is 6.23 Å². The number of aliphatic carboxylic acids is 1. The largest absolute Gasteiger partial charge is 0.481 e. The van der Waals surface area contributed by atoms with Crippen LogP contribution in [0.3, 0.4) is 0 Å². The van der Waals surface area contributed by atoms with Crippen LogP contribution in [-0.2, 0) is 14.8 Å². The summed E-state index contributed by atoms with van der Waals surface area (Å²) in [4.78, 5) is 10.5. The zero-order valence-electron chi connectivity index (χ0n) is 14.3. The molecule has 1 N–H and O–H groups in total. The zero-order chi connectivity index (χ0) is 20.1. The molecule has 11 heteroatoms. The van der Waals surface area contributed by atoms with Gasteiger partial charge >= 0.3 is 11.5 Å². The first-order valence-corrected chi connectivity index (χ1v) is 10.7. The van der Waals surface area contributed by atoms with Crippen molar-refractivity contribution in [2.24, 2.45) is 0 Å². The summed E-state index contributed by atoms with van der Waals surface area (Å²) in [7, 11) is -3.78. The number of hydrogen-bond donors (Lipinski definition) is 1. The third-order valence-corrected chi connectivity index (χ3v) is 6.61. The van der Waals surface area contributed by atoms with Crippen molar-refractivity contribution in [1.29, 1.82) is 0 Å². The molecule has 1 heterocycles. The number of sulfonamides is 1. The van der Waals surface area contributed by atoms with Crippen LogP contribution in [0.4, 0.5) is 13.2 Å². The molecule has 0 bridgehead atoms. The fourth-order valence-corrected chi connectivity index (χ4v) is 5.01. The quantitative estimate of drug-likeness (QED) is 0.637. The Morgan fingerprint density at radius 2 is 2.00 bits per heavy atom. The molecule has 0 radical (unpaired) electrons. The van der Waals surface area contributed by atoms with Gasteiger partial charge in [-0.1, -0.05) is 12.1 Å². The summed E-state index contributed by atoms with van der Waals surface area (Å²) in [5.41, 5.74) is -4.49. The molecule has 1 unspecified atom stereocenters. The van der Waals surface area contributed by atoms with Crippen LogP contribution in [0.15, 0.2) is 29.2 Å². The number of alkyl halides is 3. The lowest BCUT2D eigenvalue weighted by Crippen LogP contribution is -2.47. The van der Waals surface area contributed by atoms with Crippen LogP contribution in [0.5, 0.6) is 5.75 Å². The predicted octanol–water partition coefficient (Wildman–Crippen LogP) is 3.68. The van der Waals surface area contributed by atoms with Crippen molar-refractivity contribution in [1.82, 2.24) is 4.31 Å². The summed E-state index contributed by atoms with van der Waals surface area (Å²) >= 11 is -0.316. The highest BCUT2D eigenvalue weighted by Crippen LogP contribution is 2.42. The maximum absolute atomic E-state index is 12.7. The Kier molecular flexibility index (Phi) is 7.40. The molecule has 0 aliphatic carbocycles. The topological polar surface area (TPSA) is 83.9 Å². The Bertz CT molecular complexity index is 755. The number of carbonyl (C=O) groups is 1. The molecule has 1 aliphatic heterocycles. The molecule has 1 aromatic carbocycles. The Morgan fingerprint density at radius 3 is 2.67 bits per heavy atom. The Hall–Kier alpha value is -1.46. The summed E-state index contributed by atoms with van der Waals surface area (Å²) in [6.45, 7) is 0.189. The van der Waals surface area contributed by atoms with Crippen molar-refractivity contribution >= 4 is 27.8 Å². The van der Waals surface area contributed by atoms with Crippen molar-refractivity contribution < 1.29 is 36.2 Å². The van der Waals surface area contributed by atoms with Gasteiger partial charge in [-0.15, -0.1) is 0 Å². The van der Waals surface area contributed by atoms with Crippen molar-refractivity contribution in [2.45, 2.75) is 48.7 Å². The van der Waals surface area contributed by atoms with Gasteiger partial charge in [-0.3, -0.25) is 4.79 Å². The molecule has 1 saturated heterocycles. The third kappa shape index (κ3) is 6.89. The summed E-state index contributed by atoms with van der Waals surface area (Å²) in [5, 5.41) is 8.66. The summed E-state index contributed by atoms with van der Waals surface area (Å²) < 4.78 is 70.1. The van der Waals surface area contributed by atoms with Crippen molar-refractivity contribution in [3.8, 4) is 5.75 Å². The van der Waals surface area contributed by atoms with E-state index in [4.69, 9.17) is 9.84 Å². The van der Waals surface area contributed by atoms with Gasteiger partial charge in [0, 0.05) is 13.0 Å². The van der Waals surface area contributed by atoms with Gasteiger partial charge in [0.25, 0.3) is 0 Å². The van der Waals surface area contributed by atoms with E-state index in [9.17, 15) is 26.4 Å². The monoisotopic (exact) mass is 427 g/mol. The van der Waals surface area contributed by atoms with Gasteiger partial charge in [0.2, 0.25) is 10.0 Å². The van der Waals surface area contributed by atoms with E-state index in [-0.39, 0.29) is 47.5 Å². The zero-order valence-corrected chi connectivity index (χ0v) is 15.9. The minimum Gasteiger partial charge on any atom is -0.481 e. The molecule has 1 aliphatic rings. The van der Waals surface area contributed by atoms with Crippen LogP contribution in [0.25, 0.3) is 0 Å². The predicted molar refractivity (Wildman–Crippen MR) is 94.0 cm³/mol. The second kappa shape index (κ2) is 9.16. The SMILES string of the molecule is O=C(O)CCCS(=O)(=O)N1CCCCC1Oc1ccccc1SC(F)(F)F. The molecular weight excluding hydrogens is 407 g/mol. The van der Waals surface area contributed by atoms with E-state index in [1.165, 1.54) is 24.3 Å². The van der Waals surface area contributed by atoms with Gasteiger partial charge in [-0.05, 0) is 49.6 Å². The highest BCUT2D eigenvalue weighted by molar-refractivity contribution is 8.00. The Balaban J connectivity index is 2.15. The number of carboxylic acids is 1. The van der Waals surface area contributed by atoms with Crippen LogP contribution in [-0.4, -0.2) is 47.8 Å². The first-order valence-electron chi connectivity index (χ1n) is 8.31. The van der Waals surface area contributed by atoms with E-state index < -0.39 is 27.7 Å². The Morgan fingerprint density at radius 1 is 1.30 bits per heavy atom.